The lowest BCUT2D eigenvalue weighted by molar-refractivity contribution is -0.137. The molecule has 2 heteroatoms. The van der Waals surface area contributed by atoms with E-state index in [9.17, 15) is 4.79 Å². The van der Waals surface area contributed by atoms with Gasteiger partial charge in [0.2, 0.25) is 0 Å². The van der Waals surface area contributed by atoms with Gasteiger partial charge in [0.15, 0.2) is 0 Å². The van der Waals surface area contributed by atoms with Gasteiger partial charge in [-0.2, -0.15) is 0 Å². The summed E-state index contributed by atoms with van der Waals surface area (Å²) in [6.07, 6.45) is 5.29. The SMILES string of the molecule is O=C(O)CCCC1CC=c2ccc3cccc4ccc1c2c43. The molecule has 0 saturated carbocycles. The standard InChI is InChI=1S/C20H18O2/c21-18(22)6-2-3-13-7-8-16-10-9-14-4-1-5-15-11-12-17(13)20(16)19(14)15/h1,4-5,8-13H,2-3,6-7H2,(H,21,22). The normalized spacial score (nSPS) is 16.8. The average molecular weight is 290 g/mol. The van der Waals surface area contributed by atoms with Crippen LogP contribution >= 0.6 is 0 Å². The van der Waals surface area contributed by atoms with Gasteiger partial charge in [0.05, 0.1) is 0 Å². The molecule has 0 fully saturated rings. The second-order valence-corrected chi connectivity index (χ2v) is 6.19. The third kappa shape index (κ3) is 2.07. The number of rotatable bonds is 4. The smallest absolute Gasteiger partial charge is 0.303 e. The predicted octanol–water partition coefficient (Wildman–Crippen LogP) is 4.23. The van der Waals surface area contributed by atoms with Crippen molar-refractivity contribution in [2.75, 3.05) is 0 Å². The Bertz CT molecular complexity index is 908. The van der Waals surface area contributed by atoms with Crippen molar-refractivity contribution in [3.8, 4) is 0 Å². The van der Waals surface area contributed by atoms with Crippen LogP contribution in [0.4, 0.5) is 0 Å². The molecular weight excluding hydrogens is 272 g/mol. The van der Waals surface area contributed by atoms with E-state index in [4.69, 9.17) is 5.11 Å². The zero-order valence-corrected chi connectivity index (χ0v) is 12.4. The minimum Gasteiger partial charge on any atom is -0.481 e. The fourth-order valence-electron chi connectivity index (χ4n) is 3.82. The van der Waals surface area contributed by atoms with Crippen molar-refractivity contribution in [2.45, 2.75) is 31.6 Å². The molecule has 4 rings (SSSR count). The van der Waals surface area contributed by atoms with Crippen molar-refractivity contribution in [3.63, 3.8) is 0 Å². The minimum absolute atomic E-state index is 0.265. The maximum absolute atomic E-state index is 10.7. The fourth-order valence-corrected chi connectivity index (χ4v) is 3.82. The highest BCUT2D eigenvalue weighted by Crippen LogP contribution is 2.36. The highest BCUT2D eigenvalue weighted by atomic mass is 16.4. The molecular formula is C20H18O2. The molecule has 1 aliphatic carbocycles. The molecule has 1 N–H and O–H groups in total. The van der Waals surface area contributed by atoms with Crippen LogP contribution in [0.1, 0.15) is 37.2 Å². The lowest BCUT2D eigenvalue weighted by Gasteiger charge is -2.23. The van der Waals surface area contributed by atoms with Crippen molar-refractivity contribution >= 4 is 33.6 Å². The van der Waals surface area contributed by atoms with Gasteiger partial charge in [-0.3, -0.25) is 4.79 Å². The van der Waals surface area contributed by atoms with Crippen LogP contribution in [0, 0.1) is 0 Å². The first-order chi connectivity index (χ1) is 10.7. The molecule has 0 amide bonds. The molecule has 0 saturated heterocycles. The van der Waals surface area contributed by atoms with Crippen LogP contribution < -0.4 is 5.22 Å². The number of hydrogen-bond donors (Lipinski definition) is 1. The molecule has 22 heavy (non-hydrogen) atoms. The molecule has 0 aliphatic heterocycles. The van der Waals surface area contributed by atoms with Crippen LogP contribution in [0.15, 0.2) is 42.5 Å². The third-order valence-corrected chi connectivity index (χ3v) is 4.85. The van der Waals surface area contributed by atoms with Gasteiger partial charge >= 0.3 is 5.97 Å². The van der Waals surface area contributed by atoms with Crippen molar-refractivity contribution in [2.24, 2.45) is 0 Å². The summed E-state index contributed by atoms with van der Waals surface area (Å²) < 4.78 is 0. The summed E-state index contributed by atoms with van der Waals surface area (Å²) in [5, 5.41) is 15.5. The van der Waals surface area contributed by atoms with Crippen LogP contribution in [0.5, 0.6) is 0 Å². The molecule has 2 nitrogen and oxygen atoms in total. The Morgan fingerprint density at radius 1 is 1.05 bits per heavy atom. The van der Waals surface area contributed by atoms with Gasteiger partial charge < -0.3 is 5.11 Å². The van der Waals surface area contributed by atoms with Gasteiger partial charge in [-0.05, 0) is 57.5 Å². The Kier molecular flexibility index (Phi) is 3.11. The Balaban J connectivity index is 1.84. The quantitative estimate of drug-likeness (QED) is 0.780. The van der Waals surface area contributed by atoms with Crippen molar-refractivity contribution in [1.29, 1.82) is 0 Å². The van der Waals surface area contributed by atoms with E-state index in [1.165, 1.54) is 32.3 Å². The third-order valence-electron chi connectivity index (χ3n) is 4.85. The molecule has 0 bridgehead atoms. The minimum atomic E-state index is -0.697. The van der Waals surface area contributed by atoms with Gasteiger partial charge in [0.1, 0.15) is 0 Å². The highest BCUT2D eigenvalue weighted by Gasteiger charge is 2.19. The first kappa shape index (κ1) is 13.3. The number of hydrogen-bond acceptors (Lipinski definition) is 1. The summed E-state index contributed by atoms with van der Waals surface area (Å²) in [6, 6.07) is 15.3. The molecule has 0 heterocycles. The number of benzene rings is 3. The molecule has 110 valence electrons. The number of carboxylic acids is 1. The summed E-state index contributed by atoms with van der Waals surface area (Å²) in [6.45, 7) is 0. The second-order valence-electron chi connectivity index (χ2n) is 6.19. The van der Waals surface area contributed by atoms with Gasteiger partial charge in [0.25, 0.3) is 0 Å². The number of aliphatic carboxylic acids is 1. The van der Waals surface area contributed by atoms with Gasteiger partial charge in [-0.1, -0.05) is 48.5 Å². The lowest BCUT2D eigenvalue weighted by atomic mass is 9.81. The summed E-state index contributed by atoms with van der Waals surface area (Å²) >= 11 is 0. The first-order valence-corrected chi connectivity index (χ1v) is 7.90. The topological polar surface area (TPSA) is 37.3 Å². The zero-order chi connectivity index (χ0) is 15.1. The Morgan fingerprint density at radius 2 is 1.82 bits per heavy atom. The maximum atomic E-state index is 10.7. The van der Waals surface area contributed by atoms with Gasteiger partial charge in [-0.15, -0.1) is 0 Å². The molecule has 3 aromatic carbocycles. The molecule has 0 aromatic heterocycles. The van der Waals surface area contributed by atoms with Crippen LogP contribution in [0.25, 0.3) is 27.6 Å². The summed E-state index contributed by atoms with van der Waals surface area (Å²) in [5.41, 5.74) is 1.40. The Hall–Kier alpha value is -2.35. The van der Waals surface area contributed by atoms with Crippen LogP contribution in [-0.4, -0.2) is 11.1 Å². The van der Waals surface area contributed by atoms with E-state index in [0.29, 0.717) is 5.92 Å². The summed E-state index contributed by atoms with van der Waals surface area (Å²) in [5.74, 6) is -0.251. The first-order valence-electron chi connectivity index (χ1n) is 7.90. The van der Waals surface area contributed by atoms with E-state index in [-0.39, 0.29) is 6.42 Å². The van der Waals surface area contributed by atoms with E-state index in [2.05, 4.69) is 48.5 Å². The van der Waals surface area contributed by atoms with E-state index in [0.717, 1.165) is 19.3 Å². The lowest BCUT2D eigenvalue weighted by Crippen LogP contribution is -2.14. The molecule has 0 radical (unpaired) electrons. The van der Waals surface area contributed by atoms with Crippen LogP contribution in [0.2, 0.25) is 0 Å². The van der Waals surface area contributed by atoms with Crippen LogP contribution in [0.3, 0.4) is 0 Å². The monoisotopic (exact) mass is 290 g/mol. The number of carboxylic acid groups (broad SMARTS) is 1. The highest BCUT2D eigenvalue weighted by molar-refractivity contribution is 6.11. The van der Waals surface area contributed by atoms with Crippen molar-refractivity contribution in [3.05, 3.63) is 53.2 Å². The second kappa shape index (κ2) is 5.13. The van der Waals surface area contributed by atoms with Crippen molar-refractivity contribution in [1.82, 2.24) is 0 Å². The fraction of sp³-hybridized carbons (Fsp3) is 0.250. The summed E-state index contributed by atoms with van der Waals surface area (Å²) in [4.78, 5) is 10.7. The maximum Gasteiger partial charge on any atom is 0.303 e. The zero-order valence-electron chi connectivity index (χ0n) is 12.4. The molecule has 0 spiro atoms. The Morgan fingerprint density at radius 3 is 2.59 bits per heavy atom. The van der Waals surface area contributed by atoms with Gasteiger partial charge in [0, 0.05) is 6.42 Å². The largest absolute Gasteiger partial charge is 0.481 e. The van der Waals surface area contributed by atoms with E-state index < -0.39 is 5.97 Å². The van der Waals surface area contributed by atoms with E-state index in [1.807, 2.05) is 0 Å². The van der Waals surface area contributed by atoms with E-state index in [1.54, 1.807) is 0 Å². The molecule has 1 atom stereocenters. The number of carbonyl (C=O) groups is 1. The van der Waals surface area contributed by atoms with Crippen LogP contribution in [-0.2, 0) is 4.79 Å². The van der Waals surface area contributed by atoms with Crippen molar-refractivity contribution < 1.29 is 9.90 Å². The molecule has 1 aliphatic rings. The average Bonchev–Trinajstić information content (AvgIpc) is 2.53. The predicted molar refractivity (Wildman–Crippen MR) is 90.0 cm³/mol. The van der Waals surface area contributed by atoms with E-state index >= 15 is 0 Å². The summed E-state index contributed by atoms with van der Waals surface area (Å²) in [7, 11) is 0. The molecule has 3 aromatic rings. The van der Waals surface area contributed by atoms with Gasteiger partial charge in [-0.25, -0.2) is 0 Å². The molecule has 1 unspecified atom stereocenters. The Labute approximate surface area is 129 Å².